The molecule has 19 nitrogen and oxygen atoms in total. The Morgan fingerprint density at radius 1 is 0.965 bits per heavy atom. The second kappa shape index (κ2) is 25.1. The van der Waals surface area contributed by atoms with Gasteiger partial charge in [-0.1, -0.05) is 61.8 Å². The van der Waals surface area contributed by atoms with Crippen LogP contribution in [0, 0.1) is 24.2 Å². The van der Waals surface area contributed by atoms with Gasteiger partial charge in [-0.15, -0.1) is 11.3 Å². The predicted molar refractivity (Wildman–Crippen MR) is 309 cm³/mol. The third kappa shape index (κ3) is 12.9. The lowest BCUT2D eigenvalue weighted by Crippen LogP contribution is -2.55. The number of hydrogen-bond acceptors (Lipinski definition) is 13. The molecule has 0 spiro atoms. The molecular formula is C61H64ClF3N10O9S. The molecule has 1 saturated heterocycles. The zero-order valence-corrected chi connectivity index (χ0v) is 48.9. The lowest BCUT2D eigenvalue weighted by atomic mass is 9.86. The average molecular weight is 1210 g/mol. The third-order valence-corrected chi connectivity index (χ3v) is 16.8. The normalized spacial score (nSPS) is 17.0. The third-order valence-electron chi connectivity index (χ3n) is 15.5. The number of aliphatic hydroxyl groups excluding tert-OH is 1. The number of carbonyl (C=O) groups is 5. The molecule has 1 fully saturated rings. The van der Waals surface area contributed by atoms with Gasteiger partial charge in [0.25, 0.3) is 11.8 Å². The molecular weight excluding hydrogens is 1140 g/mol. The molecule has 3 aliphatic rings. The Morgan fingerprint density at radius 3 is 2.47 bits per heavy atom. The highest BCUT2D eigenvalue weighted by Crippen LogP contribution is 2.45. The molecule has 6 heterocycles. The Bertz CT molecular complexity index is 3760. The molecule has 0 bridgehead atoms. The summed E-state index contributed by atoms with van der Waals surface area (Å²) < 4.78 is 66.1. The number of ketones is 1. The largest absolute Gasteiger partial charge is 0.493 e. The molecule has 24 heteroatoms. The maximum absolute atomic E-state index is 14.4. The first-order chi connectivity index (χ1) is 40.7. The number of Topliss-reactive ketones (excluding diaryl/α,β-unsaturated/α-hetero) is 1. The number of likely N-dealkylation sites (tertiary alicyclic amines) is 1. The smallest absolute Gasteiger partial charge is 0.435 e. The zero-order chi connectivity index (χ0) is 60.4. The number of ether oxygens (including phenoxy) is 3. The summed E-state index contributed by atoms with van der Waals surface area (Å²) >= 11 is 8.01. The van der Waals surface area contributed by atoms with Crippen molar-refractivity contribution >= 4 is 52.3 Å². The van der Waals surface area contributed by atoms with Crippen LogP contribution in [0.15, 0.2) is 96.9 Å². The van der Waals surface area contributed by atoms with E-state index in [0.29, 0.717) is 34.4 Å². The monoisotopic (exact) mass is 1200 g/mol. The van der Waals surface area contributed by atoms with Crippen LogP contribution in [0.4, 0.5) is 13.2 Å². The van der Waals surface area contributed by atoms with Crippen LogP contribution in [0.1, 0.15) is 88.0 Å². The molecule has 4 N–H and O–H groups in total. The number of imidazole rings is 1. The van der Waals surface area contributed by atoms with Crippen LogP contribution >= 0.6 is 22.9 Å². The summed E-state index contributed by atoms with van der Waals surface area (Å²) in [4.78, 5) is 77.7. The number of hydrogen-bond donors (Lipinski definition) is 4. The van der Waals surface area contributed by atoms with Crippen molar-refractivity contribution in [2.75, 3.05) is 32.9 Å². The maximum Gasteiger partial charge on any atom is 0.435 e. The molecule has 3 aliphatic heterocycles. The number of rotatable bonds is 21. The van der Waals surface area contributed by atoms with E-state index in [1.54, 1.807) is 88.4 Å². The number of alkyl halides is 3. The molecule has 10 rings (SSSR count). The van der Waals surface area contributed by atoms with Gasteiger partial charge in [0.15, 0.2) is 18.1 Å². The van der Waals surface area contributed by atoms with Crippen LogP contribution < -0.4 is 30.5 Å². The average Bonchev–Trinajstić information content (AvgIpc) is 2.48. The summed E-state index contributed by atoms with van der Waals surface area (Å²) in [5.74, 6) is -2.26. The SMILES string of the molecule is CCn1cc(-c2cc(Cn3ccn(C)c3=N)cc3c2OCC(Cc2ccc(Cl)c(OCC(=O)NCCCOc4cc(-c5scnc5C)ccc4CNC(=O)[C@@H]4C[C@@H](O)CN4C(=O)[C@H](C(C)C)N4Cc5ccccc5C4=O)c2)C3=O)c(C(F)(F)F)n1. The zero-order valence-electron chi connectivity index (χ0n) is 47.4. The number of benzene rings is 4. The van der Waals surface area contributed by atoms with Gasteiger partial charge in [0.05, 0.1) is 58.4 Å². The number of nitrogens with one attached hydrogen (secondary N) is 3. The van der Waals surface area contributed by atoms with Crippen molar-refractivity contribution in [1.29, 1.82) is 5.41 Å². The topological polar surface area (TPSA) is 228 Å². The van der Waals surface area contributed by atoms with E-state index in [1.807, 2.05) is 51.1 Å². The van der Waals surface area contributed by atoms with E-state index in [2.05, 4.69) is 20.7 Å². The minimum absolute atomic E-state index is 0.0159. The van der Waals surface area contributed by atoms with Crippen molar-refractivity contribution < 1.29 is 56.5 Å². The van der Waals surface area contributed by atoms with Crippen LogP contribution in [-0.2, 0) is 60.2 Å². The Hall–Kier alpha value is -8.28. The number of fused-ring (bicyclic) bond motifs is 2. The van der Waals surface area contributed by atoms with E-state index in [-0.39, 0.29) is 122 Å². The molecule has 0 radical (unpaired) electrons. The number of aliphatic hydroxyl groups is 1. The van der Waals surface area contributed by atoms with Gasteiger partial charge in [0.2, 0.25) is 17.4 Å². The number of aryl methyl sites for hydroxylation is 3. The summed E-state index contributed by atoms with van der Waals surface area (Å²) in [6.45, 7) is 7.63. The number of nitrogens with zero attached hydrogens (tertiary/aromatic N) is 7. The van der Waals surface area contributed by atoms with Gasteiger partial charge in [-0.3, -0.25) is 34.1 Å². The molecule has 0 aliphatic carbocycles. The van der Waals surface area contributed by atoms with E-state index >= 15 is 0 Å². The van der Waals surface area contributed by atoms with Gasteiger partial charge >= 0.3 is 6.18 Å². The highest BCUT2D eigenvalue weighted by molar-refractivity contribution is 7.13. The highest BCUT2D eigenvalue weighted by atomic mass is 35.5. The van der Waals surface area contributed by atoms with Crippen molar-refractivity contribution in [3.63, 3.8) is 0 Å². The molecule has 85 heavy (non-hydrogen) atoms. The van der Waals surface area contributed by atoms with E-state index in [1.165, 1.54) is 27.1 Å². The number of halogens is 4. The van der Waals surface area contributed by atoms with Crippen LogP contribution in [0.25, 0.3) is 21.6 Å². The van der Waals surface area contributed by atoms with Gasteiger partial charge in [0.1, 0.15) is 29.3 Å². The standard InChI is InChI=1S/C61H64ClF3N10O9S/c1-6-73-30-46(56(70-73)61(63,64)65)44-21-37(27-72-18-17-71(5)60(72)66)22-45-53(78)41(31-84-54(44)45)20-36-12-15-47(62)50(23-36)83-32-51(77)67-16-9-19-82-49-24-38(55-35(4)69-33-85-55)13-14-39(49)26-68-57(79)48-25-42(76)29-74(48)59(81)52(34(2)3)75-28-40-10-7-8-11-43(40)58(75)80/h7-8,10-15,17-18,21-24,30,33-34,41-42,48,52,66,76H,6,9,16,19-20,25-29,31-32H2,1-5H3,(H,67,77)(H,68,79)/t41?,42-,48+,52+/m1/s1. The number of amides is 4. The predicted octanol–water partition coefficient (Wildman–Crippen LogP) is 8.00. The van der Waals surface area contributed by atoms with Crippen molar-refractivity contribution in [2.45, 2.75) is 97.5 Å². The van der Waals surface area contributed by atoms with Crippen molar-refractivity contribution in [2.24, 2.45) is 18.9 Å². The van der Waals surface area contributed by atoms with E-state index in [0.717, 1.165) is 21.7 Å². The number of carbonyl (C=O) groups excluding carboxylic acids is 5. The van der Waals surface area contributed by atoms with E-state index in [4.69, 9.17) is 31.2 Å². The molecule has 7 aromatic rings. The fourth-order valence-corrected chi connectivity index (χ4v) is 12.1. The molecule has 3 aromatic heterocycles. The Balaban J connectivity index is 0.752. The molecule has 4 atom stereocenters. The molecule has 446 valence electrons. The van der Waals surface area contributed by atoms with Crippen LogP contribution in [0.5, 0.6) is 17.2 Å². The van der Waals surface area contributed by atoms with Crippen molar-refractivity contribution in [1.82, 2.24) is 44.3 Å². The fraction of sp³-hybridized carbons (Fsp3) is 0.377. The lowest BCUT2D eigenvalue weighted by molar-refractivity contribution is -0.143. The first-order valence-corrected chi connectivity index (χ1v) is 29.2. The Morgan fingerprint density at radius 2 is 1.75 bits per heavy atom. The summed E-state index contributed by atoms with van der Waals surface area (Å²) in [7, 11) is 1.70. The van der Waals surface area contributed by atoms with Crippen LogP contribution in [-0.4, -0.2) is 119 Å². The van der Waals surface area contributed by atoms with Gasteiger partial charge in [-0.25, -0.2) is 4.98 Å². The summed E-state index contributed by atoms with van der Waals surface area (Å²) in [6, 6.07) is 19.1. The quantitative estimate of drug-likeness (QED) is 0.0504. The van der Waals surface area contributed by atoms with Gasteiger partial charge in [-0.05, 0) is 91.3 Å². The van der Waals surface area contributed by atoms with Gasteiger partial charge < -0.3 is 48.9 Å². The van der Waals surface area contributed by atoms with Crippen molar-refractivity contribution in [3.8, 4) is 38.8 Å². The fourth-order valence-electron chi connectivity index (χ4n) is 11.1. The van der Waals surface area contributed by atoms with Crippen molar-refractivity contribution in [3.05, 3.63) is 152 Å². The molecule has 4 amide bonds. The molecule has 0 saturated carbocycles. The maximum atomic E-state index is 14.4. The van der Waals surface area contributed by atoms with Gasteiger partial charge in [-0.2, -0.15) is 18.3 Å². The first-order valence-electron chi connectivity index (χ1n) is 27.9. The summed E-state index contributed by atoms with van der Waals surface area (Å²) in [6.07, 6.45) is -0.545. The van der Waals surface area contributed by atoms with E-state index < -0.39 is 60.3 Å². The summed E-state index contributed by atoms with van der Waals surface area (Å²) in [5, 5.41) is 29.1. The number of aromatic nitrogens is 5. The second-order valence-electron chi connectivity index (χ2n) is 21.8. The molecule has 4 aromatic carbocycles. The Labute approximate surface area is 496 Å². The lowest BCUT2D eigenvalue weighted by Gasteiger charge is -2.35. The van der Waals surface area contributed by atoms with E-state index in [9.17, 15) is 42.3 Å². The Kier molecular flexibility index (Phi) is 17.7. The molecule has 1 unspecified atom stereocenters. The van der Waals surface area contributed by atoms with Crippen LogP contribution in [0.2, 0.25) is 5.02 Å². The first kappa shape index (κ1) is 59.9. The minimum Gasteiger partial charge on any atom is -0.493 e. The number of β-amino-alcohol motifs (C(OH)–C–C–N with tert-alkyl or cyclic N) is 1. The van der Waals surface area contributed by atoms with Crippen LogP contribution in [0.3, 0.4) is 0 Å². The summed E-state index contributed by atoms with van der Waals surface area (Å²) in [5.41, 5.74) is 5.52. The van der Waals surface area contributed by atoms with Gasteiger partial charge in [0, 0.05) is 87.0 Å². The highest BCUT2D eigenvalue weighted by Gasteiger charge is 2.46. The second-order valence-corrected chi connectivity index (χ2v) is 23.1. The minimum atomic E-state index is -4.80. The number of thiazole rings is 1.